The van der Waals surface area contributed by atoms with Crippen molar-refractivity contribution >= 4 is 22.8 Å². The topological polar surface area (TPSA) is 76.8 Å². The molecule has 138 valence electrons. The van der Waals surface area contributed by atoms with E-state index in [1.807, 2.05) is 6.92 Å². The predicted molar refractivity (Wildman–Crippen MR) is 97.1 cm³/mol. The molecule has 0 saturated carbocycles. The third-order valence-corrected chi connectivity index (χ3v) is 4.63. The molecule has 1 aromatic carbocycles. The van der Waals surface area contributed by atoms with Gasteiger partial charge in [-0.25, -0.2) is 4.79 Å². The normalized spacial score (nSPS) is 16.2. The largest absolute Gasteiger partial charge is 0.449 e. The molecule has 0 unspecified atom stereocenters. The molecule has 6 heteroatoms. The molecule has 6 nitrogen and oxygen atoms in total. The van der Waals surface area contributed by atoms with Crippen LogP contribution < -0.4 is 5.43 Å². The highest BCUT2D eigenvalue weighted by Crippen LogP contribution is 2.16. The first-order valence-electron chi connectivity index (χ1n) is 9.00. The summed E-state index contributed by atoms with van der Waals surface area (Å²) < 4.78 is 10.8. The highest BCUT2D eigenvalue weighted by molar-refractivity contribution is 5.91. The minimum absolute atomic E-state index is 0.193. The molecule has 0 radical (unpaired) electrons. The highest BCUT2D eigenvalue weighted by atomic mass is 16.6. The quantitative estimate of drug-likeness (QED) is 0.789. The fourth-order valence-corrected chi connectivity index (χ4v) is 3.19. The summed E-state index contributed by atoms with van der Waals surface area (Å²) in [5, 5.41) is 0.412. The number of nitrogens with zero attached hydrogens (tertiary/aromatic N) is 1. The number of ether oxygens (including phenoxy) is 1. The maximum atomic E-state index is 12.5. The van der Waals surface area contributed by atoms with Gasteiger partial charge in [-0.05, 0) is 38.8 Å². The Bertz CT molecular complexity index is 877. The van der Waals surface area contributed by atoms with E-state index in [2.05, 4.69) is 0 Å². The van der Waals surface area contributed by atoms with Gasteiger partial charge in [0.15, 0.2) is 11.5 Å². The van der Waals surface area contributed by atoms with Gasteiger partial charge in [0.05, 0.1) is 5.39 Å². The summed E-state index contributed by atoms with van der Waals surface area (Å²) in [5.41, 5.74) is 0.937. The third kappa shape index (κ3) is 3.95. The maximum Gasteiger partial charge on any atom is 0.375 e. The van der Waals surface area contributed by atoms with Gasteiger partial charge in [-0.15, -0.1) is 0 Å². The van der Waals surface area contributed by atoms with E-state index < -0.39 is 12.1 Å². The van der Waals surface area contributed by atoms with Gasteiger partial charge >= 0.3 is 5.97 Å². The SMILES string of the molecule is Cc1ccc2oc(C(=O)O[C@@H](C)C(=O)N3CCCCCC3)cc(=O)c2c1. The van der Waals surface area contributed by atoms with E-state index in [0.717, 1.165) is 37.3 Å². The zero-order chi connectivity index (χ0) is 18.7. The Morgan fingerprint density at radius 3 is 2.50 bits per heavy atom. The number of esters is 1. The van der Waals surface area contributed by atoms with Gasteiger partial charge in [0, 0.05) is 19.2 Å². The lowest BCUT2D eigenvalue weighted by molar-refractivity contribution is -0.139. The summed E-state index contributed by atoms with van der Waals surface area (Å²) in [4.78, 5) is 38.8. The summed E-state index contributed by atoms with van der Waals surface area (Å²) in [6.07, 6.45) is 3.23. The van der Waals surface area contributed by atoms with Crippen molar-refractivity contribution in [2.45, 2.75) is 45.6 Å². The zero-order valence-electron chi connectivity index (χ0n) is 15.1. The van der Waals surface area contributed by atoms with Crippen LogP contribution in [0.25, 0.3) is 11.0 Å². The van der Waals surface area contributed by atoms with Crippen molar-refractivity contribution in [2.75, 3.05) is 13.1 Å². The van der Waals surface area contributed by atoms with Crippen molar-refractivity contribution in [3.8, 4) is 0 Å². The molecule has 1 aliphatic heterocycles. The third-order valence-electron chi connectivity index (χ3n) is 4.63. The second-order valence-electron chi connectivity index (χ2n) is 6.76. The Labute approximate surface area is 151 Å². The number of carbonyl (C=O) groups excluding carboxylic acids is 2. The molecule has 1 saturated heterocycles. The average molecular weight is 357 g/mol. The molecule has 0 bridgehead atoms. The number of hydrogen-bond donors (Lipinski definition) is 0. The standard InChI is InChI=1S/C20H23NO5/c1-13-7-8-17-15(11-13)16(22)12-18(26-17)20(24)25-14(2)19(23)21-9-5-3-4-6-10-21/h7-8,11-12,14H,3-6,9-10H2,1-2H3/t14-/m0/s1. The van der Waals surface area contributed by atoms with E-state index in [4.69, 9.17) is 9.15 Å². The molecule has 1 fully saturated rings. The Hall–Kier alpha value is -2.63. The van der Waals surface area contributed by atoms with Gasteiger partial charge in [0.25, 0.3) is 5.91 Å². The lowest BCUT2D eigenvalue weighted by atomic mass is 10.1. The molecule has 1 aliphatic rings. The van der Waals surface area contributed by atoms with Crippen molar-refractivity contribution < 1.29 is 18.7 Å². The lowest BCUT2D eigenvalue weighted by Gasteiger charge is -2.23. The number of aryl methyl sites for hydroxylation is 1. The van der Waals surface area contributed by atoms with Crippen molar-refractivity contribution in [1.29, 1.82) is 0 Å². The molecule has 1 amide bonds. The second kappa shape index (κ2) is 7.72. The number of amides is 1. The molecular formula is C20H23NO5. The van der Waals surface area contributed by atoms with Crippen LogP contribution in [0, 0.1) is 6.92 Å². The van der Waals surface area contributed by atoms with E-state index in [-0.39, 0.29) is 17.1 Å². The van der Waals surface area contributed by atoms with Crippen molar-refractivity contribution in [3.05, 3.63) is 45.8 Å². The Morgan fingerprint density at radius 1 is 1.12 bits per heavy atom. The number of carbonyl (C=O) groups is 2. The number of benzene rings is 1. The van der Waals surface area contributed by atoms with Crippen LogP contribution >= 0.6 is 0 Å². The minimum atomic E-state index is -0.917. The fraction of sp³-hybridized carbons (Fsp3) is 0.450. The van der Waals surface area contributed by atoms with E-state index >= 15 is 0 Å². The van der Waals surface area contributed by atoms with Gasteiger partial charge in [-0.2, -0.15) is 0 Å². The first-order chi connectivity index (χ1) is 12.5. The number of likely N-dealkylation sites (tertiary alicyclic amines) is 1. The van der Waals surface area contributed by atoms with Gasteiger partial charge in [0.1, 0.15) is 5.58 Å². The summed E-state index contributed by atoms with van der Waals surface area (Å²) in [5.74, 6) is -1.21. The molecule has 26 heavy (non-hydrogen) atoms. The molecule has 3 rings (SSSR count). The van der Waals surface area contributed by atoms with E-state index in [1.54, 1.807) is 30.0 Å². The van der Waals surface area contributed by atoms with Crippen LogP contribution in [-0.4, -0.2) is 36.0 Å². The first-order valence-corrected chi connectivity index (χ1v) is 9.00. The van der Waals surface area contributed by atoms with Crippen LogP contribution in [0.5, 0.6) is 0 Å². The molecule has 2 aromatic rings. The van der Waals surface area contributed by atoms with Crippen LogP contribution in [-0.2, 0) is 9.53 Å². The van der Waals surface area contributed by atoms with Crippen LogP contribution in [0.15, 0.2) is 33.5 Å². The van der Waals surface area contributed by atoms with E-state index in [1.165, 1.54) is 0 Å². The molecule has 1 aromatic heterocycles. The zero-order valence-corrected chi connectivity index (χ0v) is 15.1. The molecule has 0 spiro atoms. The lowest BCUT2D eigenvalue weighted by Crippen LogP contribution is -2.40. The summed E-state index contributed by atoms with van der Waals surface area (Å²) >= 11 is 0. The Kier molecular flexibility index (Phi) is 5.40. The minimum Gasteiger partial charge on any atom is -0.449 e. The van der Waals surface area contributed by atoms with Crippen molar-refractivity contribution in [3.63, 3.8) is 0 Å². The molecule has 0 N–H and O–H groups in total. The van der Waals surface area contributed by atoms with Crippen LogP contribution in [0.4, 0.5) is 0 Å². The fourth-order valence-electron chi connectivity index (χ4n) is 3.19. The van der Waals surface area contributed by atoms with Crippen molar-refractivity contribution in [2.24, 2.45) is 0 Å². The number of fused-ring (bicyclic) bond motifs is 1. The van der Waals surface area contributed by atoms with Gasteiger partial charge in [-0.3, -0.25) is 9.59 Å². The predicted octanol–water partition coefficient (Wildman–Crippen LogP) is 3.05. The average Bonchev–Trinajstić information content (AvgIpc) is 2.90. The van der Waals surface area contributed by atoms with Gasteiger partial charge < -0.3 is 14.1 Å². The van der Waals surface area contributed by atoms with E-state index in [0.29, 0.717) is 24.1 Å². The molecule has 0 aliphatic carbocycles. The molecular weight excluding hydrogens is 334 g/mol. The highest BCUT2D eigenvalue weighted by Gasteiger charge is 2.26. The monoisotopic (exact) mass is 357 g/mol. The maximum absolute atomic E-state index is 12.5. The van der Waals surface area contributed by atoms with Gasteiger partial charge in [0.2, 0.25) is 5.76 Å². The number of hydrogen-bond acceptors (Lipinski definition) is 5. The second-order valence-corrected chi connectivity index (χ2v) is 6.76. The Morgan fingerprint density at radius 2 is 1.81 bits per heavy atom. The Balaban J connectivity index is 1.74. The molecule has 1 atom stereocenters. The van der Waals surface area contributed by atoms with Crippen LogP contribution in [0.1, 0.15) is 48.7 Å². The smallest absolute Gasteiger partial charge is 0.375 e. The van der Waals surface area contributed by atoms with Crippen molar-refractivity contribution in [1.82, 2.24) is 4.90 Å². The summed E-state index contributed by atoms with van der Waals surface area (Å²) in [6, 6.07) is 6.27. The summed E-state index contributed by atoms with van der Waals surface area (Å²) in [7, 11) is 0. The molecule has 2 heterocycles. The van der Waals surface area contributed by atoms with Gasteiger partial charge in [-0.1, -0.05) is 24.5 Å². The van der Waals surface area contributed by atoms with Crippen LogP contribution in [0.3, 0.4) is 0 Å². The van der Waals surface area contributed by atoms with Crippen LogP contribution in [0.2, 0.25) is 0 Å². The van der Waals surface area contributed by atoms with E-state index in [9.17, 15) is 14.4 Å². The summed E-state index contributed by atoms with van der Waals surface area (Å²) in [6.45, 7) is 4.79. The number of rotatable bonds is 3. The first kappa shape index (κ1) is 18.2.